The van der Waals surface area contributed by atoms with Crippen LogP contribution < -0.4 is 11.1 Å². The van der Waals surface area contributed by atoms with Crippen LogP contribution in [0.1, 0.15) is 18.4 Å². The minimum Gasteiger partial charge on any atom is -0.481 e. The molecule has 0 aromatic carbocycles. The van der Waals surface area contributed by atoms with Gasteiger partial charge in [0.25, 0.3) is 0 Å². The molecule has 0 fully saturated rings. The van der Waals surface area contributed by atoms with E-state index in [0.29, 0.717) is 24.5 Å². The third kappa shape index (κ3) is 3.84. The molecule has 0 spiro atoms. The number of nitrogens with one attached hydrogen (secondary N) is 1. The van der Waals surface area contributed by atoms with Crippen LogP contribution in [0.4, 0.5) is 11.5 Å². The summed E-state index contributed by atoms with van der Waals surface area (Å²) in [6, 6.07) is 1.83. The summed E-state index contributed by atoms with van der Waals surface area (Å²) in [5, 5.41) is 11.4. The van der Waals surface area contributed by atoms with Crippen molar-refractivity contribution in [3.63, 3.8) is 0 Å². The fourth-order valence-corrected chi connectivity index (χ4v) is 1.19. The van der Waals surface area contributed by atoms with E-state index < -0.39 is 5.97 Å². The summed E-state index contributed by atoms with van der Waals surface area (Å²) in [7, 11) is 0. The Kier molecular flexibility index (Phi) is 3.91. The second-order valence-electron chi connectivity index (χ2n) is 3.37. The Bertz CT molecular complexity index is 353. The van der Waals surface area contributed by atoms with Crippen molar-refractivity contribution in [2.45, 2.75) is 19.8 Å². The lowest BCUT2D eigenvalue weighted by Crippen LogP contribution is -2.08. The molecule has 0 bridgehead atoms. The van der Waals surface area contributed by atoms with Crippen molar-refractivity contribution >= 4 is 17.5 Å². The average molecular weight is 209 g/mol. The highest BCUT2D eigenvalue weighted by Gasteiger charge is 2.01. The third-order valence-electron chi connectivity index (χ3n) is 1.91. The first kappa shape index (κ1) is 11.3. The van der Waals surface area contributed by atoms with E-state index in [1.54, 1.807) is 6.20 Å². The number of rotatable bonds is 5. The van der Waals surface area contributed by atoms with Crippen LogP contribution in [0.5, 0.6) is 0 Å². The maximum absolute atomic E-state index is 10.3. The third-order valence-corrected chi connectivity index (χ3v) is 1.91. The van der Waals surface area contributed by atoms with Crippen molar-refractivity contribution in [3.05, 3.63) is 17.8 Å². The molecule has 1 heterocycles. The monoisotopic (exact) mass is 209 g/mol. The van der Waals surface area contributed by atoms with E-state index in [1.807, 2.05) is 13.0 Å². The number of hydrogen-bond donors (Lipinski definition) is 3. The van der Waals surface area contributed by atoms with Crippen LogP contribution in [0.3, 0.4) is 0 Å². The summed E-state index contributed by atoms with van der Waals surface area (Å²) in [6.07, 6.45) is 2.43. The average Bonchev–Trinajstić information content (AvgIpc) is 2.14. The molecule has 1 aromatic rings. The maximum atomic E-state index is 10.3. The van der Waals surface area contributed by atoms with Crippen LogP contribution >= 0.6 is 0 Å². The van der Waals surface area contributed by atoms with E-state index >= 15 is 0 Å². The normalized spacial score (nSPS) is 9.93. The smallest absolute Gasteiger partial charge is 0.303 e. The Labute approximate surface area is 88.3 Å². The number of carboxylic acid groups (broad SMARTS) is 1. The van der Waals surface area contributed by atoms with E-state index in [1.165, 1.54) is 0 Å². The van der Waals surface area contributed by atoms with Gasteiger partial charge in [0.05, 0.1) is 5.69 Å². The summed E-state index contributed by atoms with van der Waals surface area (Å²) < 4.78 is 0. The van der Waals surface area contributed by atoms with E-state index in [4.69, 9.17) is 10.8 Å². The van der Waals surface area contributed by atoms with Crippen molar-refractivity contribution in [2.24, 2.45) is 0 Å². The van der Waals surface area contributed by atoms with Crippen molar-refractivity contribution in [3.8, 4) is 0 Å². The van der Waals surface area contributed by atoms with Gasteiger partial charge in [0, 0.05) is 19.2 Å². The zero-order valence-corrected chi connectivity index (χ0v) is 8.66. The second kappa shape index (κ2) is 5.19. The zero-order chi connectivity index (χ0) is 11.3. The number of carboxylic acids is 1. The standard InChI is InChI=1S/C10H15N3O2/c1-7-5-8(11)10(13-6-7)12-4-2-3-9(14)15/h5-6H,2-4,11H2,1H3,(H,12,13)(H,14,15). The van der Waals surface area contributed by atoms with E-state index in [9.17, 15) is 4.79 Å². The van der Waals surface area contributed by atoms with E-state index in [2.05, 4.69) is 10.3 Å². The topological polar surface area (TPSA) is 88.2 Å². The highest BCUT2D eigenvalue weighted by atomic mass is 16.4. The summed E-state index contributed by atoms with van der Waals surface area (Å²) in [5.74, 6) is -0.173. The zero-order valence-electron chi connectivity index (χ0n) is 8.66. The number of pyridine rings is 1. The number of nitrogens with zero attached hydrogens (tertiary/aromatic N) is 1. The van der Waals surface area contributed by atoms with Gasteiger partial charge in [0.2, 0.25) is 0 Å². The first-order chi connectivity index (χ1) is 7.09. The van der Waals surface area contributed by atoms with Gasteiger partial charge >= 0.3 is 5.97 Å². The highest BCUT2D eigenvalue weighted by Crippen LogP contribution is 2.15. The SMILES string of the molecule is Cc1cnc(NCCCC(=O)O)c(N)c1. The predicted molar refractivity (Wildman–Crippen MR) is 58.7 cm³/mol. The molecule has 15 heavy (non-hydrogen) atoms. The van der Waals surface area contributed by atoms with Gasteiger partial charge in [-0.05, 0) is 25.0 Å². The maximum Gasteiger partial charge on any atom is 0.303 e. The van der Waals surface area contributed by atoms with Crippen LogP contribution in [-0.4, -0.2) is 22.6 Å². The Morgan fingerprint density at radius 2 is 2.40 bits per heavy atom. The molecule has 0 aliphatic heterocycles. The fourth-order valence-electron chi connectivity index (χ4n) is 1.19. The number of carbonyl (C=O) groups is 1. The number of aliphatic carboxylic acids is 1. The molecular formula is C10H15N3O2. The van der Waals surface area contributed by atoms with Gasteiger partial charge in [0.15, 0.2) is 0 Å². The molecule has 0 atom stereocenters. The van der Waals surface area contributed by atoms with Crippen molar-refractivity contribution in [1.29, 1.82) is 0 Å². The van der Waals surface area contributed by atoms with E-state index in [-0.39, 0.29) is 6.42 Å². The largest absolute Gasteiger partial charge is 0.481 e. The van der Waals surface area contributed by atoms with Gasteiger partial charge in [-0.1, -0.05) is 0 Å². The number of nitrogen functional groups attached to an aromatic ring is 1. The van der Waals surface area contributed by atoms with E-state index in [0.717, 1.165) is 5.56 Å². The van der Waals surface area contributed by atoms with Crippen LogP contribution in [0, 0.1) is 6.92 Å². The summed E-state index contributed by atoms with van der Waals surface area (Å²) in [5.41, 5.74) is 7.31. The lowest BCUT2D eigenvalue weighted by Gasteiger charge is -2.07. The fraction of sp³-hybridized carbons (Fsp3) is 0.400. The molecular weight excluding hydrogens is 194 g/mol. The second-order valence-corrected chi connectivity index (χ2v) is 3.37. The summed E-state index contributed by atoms with van der Waals surface area (Å²) >= 11 is 0. The van der Waals surface area contributed by atoms with Crippen LogP contribution in [-0.2, 0) is 4.79 Å². The summed E-state index contributed by atoms with van der Waals surface area (Å²) in [6.45, 7) is 2.48. The van der Waals surface area contributed by atoms with Gasteiger partial charge in [0.1, 0.15) is 5.82 Å². The Morgan fingerprint density at radius 1 is 1.67 bits per heavy atom. The molecule has 1 aromatic heterocycles. The lowest BCUT2D eigenvalue weighted by molar-refractivity contribution is -0.137. The van der Waals surface area contributed by atoms with Gasteiger partial charge in [-0.2, -0.15) is 0 Å². The molecule has 0 aliphatic rings. The quantitative estimate of drug-likeness (QED) is 0.635. The highest BCUT2D eigenvalue weighted by molar-refractivity contribution is 5.66. The number of aryl methyl sites for hydroxylation is 1. The van der Waals surface area contributed by atoms with Crippen molar-refractivity contribution < 1.29 is 9.90 Å². The minimum atomic E-state index is -0.790. The first-order valence-electron chi connectivity index (χ1n) is 4.77. The van der Waals surface area contributed by atoms with Gasteiger partial charge < -0.3 is 16.2 Å². The summed E-state index contributed by atoms with van der Waals surface area (Å²) in [4.78, 5) is 14.4. The lowest BCUT2D eigenvalue weighted by atomic mass is 10.2. The van der Waals surface area contributed by atoms with Gasteiger partial charge in [-0.25, -0.2) is 4.98 Å². The van der Waals surface area contributed by atoms with Crippen molar-refractivity contribution in [2.75, 3.05) is 17.6 Å². The molecule has 5 nitrogen and oxygen atoms in total. The number of aromatic nitrogens is 1. The molecule has 0 aliphatic carbocycles. The van der Waals surface area contributed by atoms with Gasteiger partial charge in [-0.15, -0.1) is 0 Å². The molecule has 4 N–H and O–H groups in total. The van der Waals surface area contributed by atoms with Crippen molar-refractivity contribution in [1.82, 2.24) is 4.98 Å². The molecule has 0 radical (unpaired) electrons. The van der Waals surface area contributed by atoms with Gasteiger partial charge in [-0.3, -0.25) is 4.79 Å². The molecule has 1 rings (SSSR count). The Balaban J connectivity index is 2.40. The molecule has 0 amide bonds. The Hall–Kier alpha value is -1.78. The Morgan fingerprint density at radius 3 is 3.00 bits per heavy atom. The number of nitrogens with two attached hydrogens (primary N) is 1. The minimum absolute atomic E-state index is 0.152. The molecule has 82 valence electrons. The molecule has 0 saturated carbocycles. The number of hydrogen-bond acceptors (Lipinski definition) is 4. The first-order valence-corrected chi connectivity index (χ1v) is 4.77. The van der Waals surface area contributed by atoms with Crippen LogP contribution in [0.15, 0.2) is 12.3 Å². The molecule has 0 saturated heterocycles. The molecule has 5 heteroatoms. The predicted octanol–water partition coefficient (Wildman–Crippen LogP) is 1.25. The number of anilines is 2. The molecule has 0 unspecified atom stereocenters. The van der Waals surface area contributed by atoms with Crippen LogP contribution in [0.2, 0.25) is 0 Å². The van der Waals surface area contributed by atoms with Crippen LogP contribution in [0.25, 0.3) is 0 Å².